The van der Waals surface area contributed by atoms with Crippen LogP contribution in [-0.2, 0) is 43.5 Å². The standard InChI is InChI=1S/C26H32N2O8/c1-6-8-13-34-23(30)21-22(27)36-16(5)20(24(31)35-15(3)4)26(21)17-11-9-10-12-18(17)28(25(26)32)14-19(29)33-7-2/h9-12,15H,6-8,13-14,27H2,1-5H3/t26-/m1/s1. The Hall–Kier alpha value is -3.82. The van der Waals surface area contributed by atoms with E-state index in [1.54, 1.807) is 45.0 Å². The number of hydrogen-bond donors (Lipinski definition) is 1. The van der Waals surface area contributed by atoms with Gasteiger partial charge in [-0.1, -0.05) is 31.5 Å². The molecule has 1 aromatic rings. The predicted octanol–water partition coefficient (Wildman–Crippen LogP) is 2.60. The van der Waals surface area contributed by atoms with Crippen molar-refractivity contribution in [3.05, 3.63) is 52.6 Å². The molecule has 1 amide bonds. The van der Waals surface area contributed by atoms with Gasteiger partial charge in [0.1, 0.15) is 28.9 Å². The highest BCUT2D eigenvalue weighted by Gasteiger charge is 2.64. The molecule has 0 saturated carbocycles. The minimum Gasteiger partial charge on any atom is -0.465 e. The zero-order valence-electron chi connectivity index (χ0n) is 21.2. The molecular formula is C26H32N2O8. The zero-order chi connectivity index (χ0) is 26.6. The molecule has 10 heteroatoms. The number of esters is 3. The van der Waals surface area contributed by atoms with Crippen LogP contribution < -0.4 is 10.6 Å². The molecule has 0 saturated heterocycles. The summed E-state index contributed by atoms with van der Waals surface area (Å²) in [6.07, 6.45) is 0.827. The van der Waals surface area contributed by atoms with Crippen molar-refractivity contribution in [2.45, 2.75) is 59.0 Å². The Balaban J connectivity index is 2.30. The van der Waals surface area contributed by atoms with E-state index in [9.17, 15) is 19.2 Å². The van der Waals surface area contributed by atoms with Gasteiger partial charge in [0.25, 0.3) is 0 Å². The molecule has 2 heterocycles. The number of hydrogen-bond acceptors (Lipinski definition) is 9. The van der Waals surface area contributed by atoms with Gasteiger partial charge in [0, 0.05) is 11.3 Å². The molecule has 1 spiro atoms. The number of nitrogens with zero attached hydrogens (tertiary/aromatic N) is 1. The van der Waals surface area contributed by atoms with Crippen molar-refractivity contribution in [2.75, 3.05) is 24.7 Å². The van der Waals surface area contributed by atoms with Crippen LogP contribution in [-0.4, -0.2) is 49.7 Å². The van der Waals surface area contributed by atoms with E-state index in [4.69, 9.17) is 24.7 Å². The Morgan fingerprint density at radius 1 is 1.08 bits per heavy atom. The molecule has 0 aromatic heterocycles. The number of unbranched alkanes of at least 4 members (excludes halogenated alkanes) is 1. The number of carbonyl (C=O) groups excluding carboxylic acids is 4. The molecule has 194 valence electrons. The quantitative estimate of drug-likeness (QED) is 0.308. The van der Waals surface area contributed by atoms with Crippen LogP contribution in [0.25, 0.3) is 0 Å². The van der Waals surface area contributed by atoms with Gasteiger partial charge in [-0.15, -0.1) is 0 Å². The molecule has 1 aromatic carbocycles. The van der Waals surface area contributed by atoms with Crippen molar-refractivity contribution < 1.29 is 38.1 Å². The van der Waals surface area contributed by atoms with Crippen LogP contribution in [0.5, 0.6) is 0 Å². The third kappa shape index (κ3) is 4.55. The van der Waals surface area contributed by atoms with Crippen molar-refractivity contribution in [1.29, 1.82) is 0 Å². The number of amides is 1. The van der Waals surface area contributed by atoms with E-state index in [0.29, 0.717) is 12.1 Å². The van der Waals surface area contributed by atoms with E-state index in [1.165, 1.54) is 11.8 Å². The van der Waals surface area contributed by atoms with Crippen molar-refractivity contribution in [3.8, 4) is 0 Å². The number of rotatable bonds is 9. The summed E-state index contributed by atoms with van der Waals surface area (Å²) < 4.78 is 21.6. The second-order valence-corrected chi connectivity index (χ2v) is 8.68. The van der Waals surface area contributed by atoms with Crippen LogP contribution in [0.2, 0.25) is 0 Å². The van der Waals surface area contributed by atoms with Crippen LogP contribution >= 0.6 is 0 Å². The first kappa shape index (κ1) is 26.8. The van der Waals surface area contributed by atoms with Gasteiger partial charge in [-0.05, 0) is 40.2 Å². The lowest BCUT2D eigenvalue weighted by atomic mass is 9.67. The highest BCUT2D eigenvalue weighted by atomic mass is 16.6. The number of benzene rings is 1. The summed E-state index contributed by atoms with van der Waals surface area (Å²) in [5.41, 5.74) is 4.26. The Morgan fingerprint density at radius 2 is 1.78 bits per heavy atom. The number of allylic oxidation sites excluding steroid dienone is 1. The first-order valence-electron chi connectivity index (χ1n) is 12.0. The second kappa shape index (κ2) is 10.8. The summed E-state index contributed by atoms with van der Waals surface area (Å²) in [5, 5.41) is 0. The Kier molecular flexibility index (Phi) is 8.07. The fourth-order valence-electron chi connectivity index (χ4n) is 4.47. The minimum absolute atomic E-state index is 0.00407. The zero-order valence-corrected chi connectivity index (χ0v) is 21.2. The molecule has 0 radical (unpaired) electrons. The van der Waals surface area contributed by atoms with Crippen LogP contribution in [0.4, 0.5) is 5.69 Å². The summed E-state index contributed by atoms with van der Waals surface area (Å²) >= 11 is 0. The summed E-state index contributed by atoms with van der Waals surface area (Å²) in [6, 6.07) is 6.56. The lowest BCUT2D eigenvalue weighted by Gasteiger charge is -2.36. The van der Waals surface area contributed by atoms with E-state index in [2.05, 4.69) is 0 Å². The molecule has 0 unspecified atom stereocenters. The SMILES string of the molecule is CCCCOC(=O)C1=C(N)OC(C)=C(C(=O)OC(C)C)[C@@]12C(=O)N(CC(=O)OCC)c1ccccc12. The monoisotopic (exact) mass is 500 g/mol. The molecule has 0 bridgehead atoms. The third-order valence-electron chi connectivity index (χ3n) is 5.85. The second-order valence-electron chi connectivity index (χ2n) is 8.68. The van der Waals surface area contributed by atoms with E-state index < -0.39 is 41.9 Å². The molecule has 0 fully saturated rings. The molecule has 2 N–H and O–H groups in total. The molecule has 1 atom stereocenters. The van der Waals surface area contributed by atoms with Gasteiger partial charge in [0.15, 0.2) is 0 Å². The highest BCUT2D eigenvalue weighted by Crippen LogP contribution is 2.54. The lowest BCUT2D eigenvalue weighted by Crippen LogP contribution is -2.51. The van der Waals surface area contributed by atoms with Crippen molar-refractivity contribution in [3.63, 3.8) is 0 Å². The fraction of sp³-hybridized carbons (Fsp3) is 0.462. The van der Waals surface area contributed by atoms with Crippen LogP contribution in [0, 0.1) is 0 Å². The normalized spacial score (nSPS) is 18.9. The van der Waals surface area contributed by atoms with Crippen molar-refractivity contribution >= 4 is 29.5 Å². The van der Waals surface area contributed by atoms with Crippen LogP contribution in [0.1, 0.15) is 53.0 Å². The number of nitrogens with two attached hydrogens (primary N) is 1. The third-order valence-corrected chi connectivity index (χ3v) is 5.85. The van der Waals surface area contributed by atoms with Crippen LogP contribution in [0.3, 0.4) is 0 Å². The van der Waals surface area contributed by atoms with Gasteiger partial charge in [0.2, 0.25) is 11.8 Å². The summed E-state index contributed by atoms with van der Waals surface area (Å²) in [5.74, 6) is -3.50. The summed E-state index contributed by atoms with van der Waals surface area (Å²) in [7, 11) is 0. The first-order valence-corrected chi connectivity index (χ1v) is 12.0. The van der Waals surface area contributed by atoms with Crippen molar-refractivity contribution in [1.82, 2.24) is 0 Å². The van der Waals surface area contributed by atoms with Crippen molar-refractivity contribution in [2.24, 2.45) is 5.73 Å². The minimum atomic E-state index is -2.04. The van der Waals surface area contributed by atoms with Crippen LogP contribution in [0.15, 0.2) is 47.1 Å². The Labute approximate surface area is 210 Å². The molecule has 2 aliphatic rings. The molecule has 10 nitrogen and oxygen atoms in total. The van der Waals surface area contributed by atoms with E-state index in [0.717, 1.165) is 6.42 Å². The first-order chi connectivity index (χ1) is 17.1. The number of anilines is 1. The number of ether oxygens (including phenoxy) is 4. The predicted molar refractivity (Wildman–Crippen MR) is 129 cm³/mol. The largest absolute Gasteiger partial charge is 0.465 e. The van der Waals surface area contributed by atoms with E-state index in [1.807, 2.05) is 6.92 Å². The Bertz CT molecular complexity index is 1140. The van der Waals surface area contributed by atoms with E-state index >= 15 is 0 Å². The van der Waals surface area contributed by atoms with E-state index in [-0.39, 0.29) is 41.6 Å². The molecule has 36 heavy (non-hydrogen) atoms. The molecular weight excluding hydrogens is 468 g/mol. The number of para-hydroxylation sites is 1. The summed E-state index contributed by atoms with van der Waals surface area (Å²) in [6.45, 7) is 8.13. The van der Waals surface area contributed by atoms with Gasteiger partial charge >= 0.3 is 17.9 Å². The maximum absolute atomic E-state index is 14.3. The van der Waals surface area contributed by atoms with Gasteiger partial charge in [0.05, 0.1) is 19.3 Å². The summed E-state index contributed by atoms with van der Waals surface area (Å²) in [4.78, 5) is 54.9. The average molecular weight is 501 g/mol. The van der Waals surface area contributed by atoms with Gasteiger partial charge in [-0.25, -0.2) is 9.59 Å². The fourth-order valence-corrected chi connectivity index (χ4v) is 4.47. The maximum atomic E-state index is 14.3. The maximum Gasteiger partial charge on any atom is 0.341 e. The molecule has 2 aliphatic heterocycles. The van der Waals surface area contributed by atoms with Gasteiger partial charge < -0.3 is 24.7 Å². The smallest absolute Gasteiger partial charge is 0.341 e. The van der Waals surface area contributed by atoms with Gasteiger partial charge in [-0.2, -0.15) is 0 Å². The number of carbonyl (C=O) groups is 4. The molecule has 0 aliphatic carbocycles. The molecule has 3 rings (SSSR count). The number of fused-ring (bicyclic) bond motifs is 2. The highest BCUT2D eigenvalue weighted by molar-refractivity contribution is 6.23. The average Bonchev–Trinajstić information content (AvgIpc) is 3.02. The topological polar surface area (TPSA) is 134 Å². The van der Waals surface area contributed by atoms with Gasteiger partial charge in [-0.3, -0.25) is 14.5 Å². The Morgan fingerprint density at radius 3 is 2.42 bits per heavy atom. The lowest BCUT2D eigenvalue weighted by molar-refractivity contribution is -0.146.